The molecule has 166 valence electrons. The van der Waals surface area contributed by atoms with Crippen molar-refractivity contribution < 1.29 is 9.59 Å². The van der Waals surface area contributed by atoms with Crippen molar-refractivity contribution >= 4 is 22.6 Å². The number of hydrogen-bond acceptors (Lipinski definition) is 4. The van der Waals surface area contributed by atoms with E-state index in [0.29, 0.717) is 36.1 Å². The number of carbonyl (C=O) groups excluding carboxylic acids is 2. The maximum absolute atomic E-state index is 13.3. The summed E-state index contributed by atoms with van der Waals surface area (Å²) in [4.78, 5) is 40.5. The maximum Gasteiger partial charge on any atom is 0.275 e. The second kappa shape index (κ2) is 8.44. The fourth-order valence-electron chi connectivity index (χ4n) is 4.74. The molecule has 1 aromatic carbocycles. The Bertz CT molecular complexity index is 1050. The zero-order valence-corrected chi connectivity index (χ0v) is 18.7. The number of hydrogen-bond donors (Lipinski definition) is 1. The van der Waals surface area contributed by atoms with Gasteiger partial charge in [-0.05, 0) is 44.6 Å². The van der Waals surface area contributed by atoms with Crippen LogP contribution in [0.15, 0.2) is 29.1 Å². The van der Waals surface area contributed by atoms with E-state index in [4.69, 9.17) is 0 Å². The summed E-state index contributed by atoms with van der Waals surface area (Å²) < 4.78 is 1.22. The van der Waals surface area contributed by atoms with Crippen molar-refractivity contribution in [1.82, 2.24) is 20.0 Å². The molecule has 0 atom stereocenters. The van der Waals surface area contributed by atoms with Crippen LogP contribution in [0.1, 0.15) is 51.6 Å². The minimum absolute atomic E-state index is 0.127. The quantitative estimate of drug-likeness (QED) is 0.706. The van der Waals surface area contributed by atoms with Gasteiger partial charge in [0.25, 0.3) is 5.56 Å². The van der Waals surface area contributed by atoms with Gasteiger partial charge >= 0.3 is 0 Å². The van der Waals surface area contributed by atoms with Gasteiger partial charge in [0.15, 0.2) is 0 Å². The van der Waals surface area contributed by atoms with Crippen molar-refractivity contribution in [2.45, 2.75) is 65.5 Å². The summed E-state index contributed by atoms with van der Waals surface area (Å²) in [7, 11) is 0. The summed E-state index contributed by atoms with van der Waals surface area (Å²) in [5.74, 6) is 0.321. The van der Waals surface area contributed by atoms with Gasteiger partial charge in [-0.25, -0.2) is 4.68 Å². The molecule has 1 heterocycles. The first-order chi connectivity index (χ1) is 14.8. The lowest BCUT2D eigenvalue weighted by Gasteiger charge is -2.46. The smallest absolute Gasteiger partial charge is 0.275 e. The molecule has 0 aliphatic heterocycles. The highest BCUT2D eigenvalue weighted by Crippen LogP contribution is 2.49. The summed E-state index contributed by atoms with van der Waals surface area (Å²) >= 11 is 0. The summed E-state index contributed by atoms with van der Waals surface area (Å²) in [6.45, 7) is 6.89. The van der Waals surface area contributed by atoms with E-state index in [1.54, 1.807) is 6.07 Å². The van der Waals surface area contributed by atoms with E-state index in [2.05, 4.69) is 24.3 Å². The fourth-order valence-corrected chi connectivity index (χ4v) is 4.74. The number of fused-ring (bicyclic) bond motifs is 1. The average molecular weight is 425 g/mol. The van der Waals surface area contributed by atoms with Crippen molar-refractivity contribution in [2.75, 3.05) is 13.1 Å². The second-order valence-corrected chi connectivity index (χ2v) is 9.34. The fraction of sp³-hybridized carbons (Fsp3) is 0.583. The first kappa shape index (κ1) is 21.5. The van der Waals surface area contributed by atoms with Crippen molar-refractivity contribution in [3.8, 4) is 0 Å². The molecule has 31 heavy (non-hydrogen) atoms. The van der Waals surface area contributed by atoms with Crippen LogP contribution in [0.25, 0.3) is 10.8 Å². The van der Waals surface area contributed by atoms with Gasteiger partial charge in [-0.15, -0.1) is 0 Å². The van der Waals surface area contributed by atoms with Crippen LogP contribution < -0.4 is 10.9 Å². The molecule has 2 amide bonds. The van der Waals surface area contributed by atoms with Crippen LogP contribution in [-0.2, 0) is 16.1 Å². The molecule has 0 saturated heterocycles. The van der Waals surface area contributed by atoms with E-state index >= 15 is 0 Å². The maximum atomic E-state index is 13.3. The van der Waals surface area contributed by atoms with Crippen molar-refractivity contribution in [2.24, 2.45) is 11.3 Å². The number of aromatic nitrogens is 2. The number of nitrogens with zero attached hydrogens (tertiary/aromatic N) is 3. The van der Waals surface area contributed by atoms with E-state index in [0.717, 1.165) is 37.5 Å². The SMILES string of the molecule is Cc1nn(CC(=O)NCCN(C(=O)C2(C(C)C)CCC2)C2CC2)c(=O)c2ccccc12. The third-order valence-corrected chi connectivity index (χ3v) is 7.05. The van der Waals surface area contributed by atoms with Gasteiger partial charge in [0.2, 0.25) is 11.8 Å². The molecular formula is C24H32N4O3. The van der Waals surface area contributed by atoms with Crippen molar-refractivity contribution in [3.63, 3.8) is 0 Å². The molecule has 2 saturated carbocycles. The van der Waals surface area contributed by atoms with Crippen LogP contribution >= 0.6 is 0 Å². The first-order valence-electron chi connectivity index (χ1n) is 11.4. The Morgan fingerprint density at radius 2 is 1.90 bits per heavy atom. The number of carbonyl (C=O) groups is 2. The van der Waals surface area contributed by atoms with E-state index in [1.165, 1.54) is 4.68 Å². The van der Waals surface area contributed by atoms with Gasteiger partial charge in [0, 0.05) is 24.5 Å². The van der Waals surface area contributed by atoms with E-state index in [-0.39, 0.29) is 29.3 Å². The third kappa shape index (κ3) is 4.10. The van der Waals surface area contributed by atoms with Crippen LogP contribution in [0, 0.1) is 18.3 Å². The Hall–Kier alpha value is -2.70. The molecule has 0 spiro atoms. The van der Waals surface area contributed by atoms with E-state index < -0.39 is 0 Å². The highest BCUT2D eigenvalue weighted by atomic mass is 16.2. The summed E-state index contributed by atoms with van der Waals surface area (Å²) in [5, 5.41) is 8.54. The first-order valence-corrected chi connectivity index (χ1v) is 11.4. The van der Waals surface area contributed by atoms with E-state index in [9.17, 15) is 14.4 Å². The molecule has 2 aromatic rings. The largest absolute Gasteiger partial charge is 0.353 e. The summed E-state index contributed by atoms with van der Waals surface area (Å²) in [6.07, 6.45) is 5.14. The highest BCUT2D eigenvalue weighted by Gasteiger charge is 2.50. The predicted octanol–water partition coefficient (Wildman–Crippen LogP) is 2.64. The molecule has 1 aromatic heterocycles. The average Bonchev–Trinajstić information content (AvgIpc) is 3.53. The molecule has 0 unspecified atom stereocenters. The Balaban J connectivity index is 1.38. The van der Waals surface area contributed by atoms with Crippen molar-refractivity contribution in [1.29, 1.82) is 0 Å². The lowest BCUT2D eigenvalue weighted by Crippen LogP contribution is -2.53. The number of aryl methyl sites for hydroxylation is 1. The van der Waals surface area contributed by atoms with Crippen LogP contribution in [0.5, 0.6) is 0 Å². The summed E-state index contributed by atoms with van der Waals surface area (Å²) in [5.41, 5.74) is 0.231. The Labute approximate surface area is 182 Å². The lowest BCUT2D eigenvalue weighted by atomic mass is 9.61. The molecule has 4 rings (SSSR count). The molecule has 0 bridgehead atoms. The molecule has 7 heteroatoms. The number of rotatable bonds is 8. The van der Waals surface area contributed by atoms with Crippen molar-refractivity contribution in [3.05, 3.63) is 40.3 Å². The highest BCUT2D eigenvalue weighted by molar-refractivity contribution is 5.85. The Kier molecular flexibility index (Phi) is 5.86. The predicted molar refractivity (Wildman–Crippen MR) is 120 cm³/mol. The molecule has 2 aliphatic carbocycles. The third-order valence-electron chi connectivity index (χ3n) is 7.05. The molecule has 0 radical (unpaired) electrons. The monoisotopic (exact) mass is 424 g/mol. The van der Waals surface area contributed by atoms with Crippen LogP contribution in [0.4, 0.5) is 0 Å². The molecule has 7 nitrogen and oxygen atoms in total. The number of nitrogens with one attached hydrogen (secondary N) is 1. The molecule has 2 aliphatic rings. The molecular weight excluding hydrogens is 392 g/mol. The van der Waals surface area contributed by atoms with E-state index in [1.807, 2.05) is 30.0 Å². The van der Waals surface area contributed by atoms with Crippen LogP contribution in [0.2, 0.25) is 0 Å². The standard InChI is InChI=1S/C24H32N4O3/c1-16(2)24(11-6-12-24)23(31)27(18-9-10-18)14-13-25-21(29)15-28-22(30)20-8-5-4-7-19(20)17(3)26-28/h4-5,7-8,16,18H,6,9-15H2,1-3H3,(H,25,29). The minimum Gasteiger partial charge on any atom is -0.353 e. The van der Waals surface area contributed by atoms with Crippen LogP contribution in [-0.4, -0.2) is 45.6 Å². The zero-order valence-electron chi connectivity index (χ0n) is 18.7. The second-order valence-electron chi connectivity index (χ2n) is 9.34. The Morgan fingerprint density at radius 1 is 1.23 bits per heavy atom. The normalized spacial score (nSPS) is 17.4. The summed E-state index contributed by atoms with van der Waals surface area (Å²) in [6, 6.07) is 7.61. The van der Waals surface area contributed by atoms with Gasteiger partial charge < -0.3 is 10.2 Å². The zero-order chi connectivity index (χ0) is 22.2. The number of amides is 2. The minimum atomic E-state index is -0.269. The van der Waals surface area contributed by atoms with Gasteiger partial charge in [0.1, 0.15) is 6.54 Å². The topological polar surface area (TPSA) is 84.3 Å². The van der Waals surface area contributed by atoms with Crippen LogP contribution in [0.3, 0.4) is 0 Å². The van der Waals surface area contributed by atoms with Gasteiger partial charge in [0.05, 0.1) is 16.5 Å². The number of benzene rings is 1. The molecule has 1 N–H and O–H groups in total. The molecule has 2 fully saturated rings. The van der Waals surface area contributed by atoms with Gasteiger partial charge in [-0.1, -0.05) is 38.5 Å². The van der Waals surface area contributed by atoms with Gasteiger partial charge in [-0.2, -0.15) is 5.10 Å². The van der Waals surface area contributed by atoms with Gasteiger partial charge in [-0.3, -0.25) is 14.4 Å². The lowest BCUT2D eigenvalue weighted by molar-refractivity contribution is -0.152. The Morgan fingerprint density at radius 3 is 2.48 bits per heavy atom.